The second-order valence-electron chi connectivity index (χ2n) is 18.4. The fourth-order valence-electron chi connectivity index (χ4n) is 10.2. The number of nitrogens with zero attached hydrogens (tertiary/aromatic N) is 14. The first kappa shape index (κ1) is 42.1. The number of anilines is 3. The largest absolute Gasteiger partial charge is 0.387 e. The van der Waals surface area contributed by atoms with Gasteiger partial charge in [-0.25, -0.2) is 39.6 Å². The summed E-state index contributed by atoms with van der Waals surface area (Å²) in [6.45, 7) is 19.1. The third-order valence-corrected chi connectivity index (χ3v) is 14.1. The van der Waals surface area contributed by atoms with E-state index in [1.807, 2.05) is 35.4 Å². The first-order chi connectivity index (χ1) is 32.4. The summed E-state index contributed by atoms with van der Waals surface area (Å²) in [5.41, 5.74) is 24.9. The Morgan fingerprint density at radius 3 is 2.24 bits per heavy atom. The summed E-state index contributed by atoms with van der Waals surface area (Å²) in [6, 6.07) is 12.8. The lowest BCUT2D eigenvalue weighted by atomic mass is 9.96. The highest BCUT2D eigenvalue weighted by Crippen LogP contribution is 2.36. The van der Waals surface area contributed by atoms with Crippen molar-refractivity contribution in [3.8, 4) is 11.3 Å². The molecule has 5 aliphatic rings. The van der Waals surface area contributed by atoms with E-state index >= 15 is 0 Å². The van der Waals surface area contributed by atoms with Gasteiger partial charge < -0.3 is 31.5 Å². The van der Waals surface area contributed by atoms with Crippen LogP contribution >= 0.6 is 0 Å². The van der Waals surface area contributed by atoms with E-state index in [-0.39, 0.29) is 0 Å². The van der Waals surface area contributed by atoms with Crippen molar-refractivity contribution in [1.82, 2.24) is 59.7 Å². The molecule has 5 aliphatic heterocycles. The zero-order valence-corrected chi connectivity index (χ0v) is 37.7. The normalized spacial score (nSPS) is 17.8. The first-order valence-corrected chi connectivity index (χ1v) is 23.7. The average Bonchev–Trinajstić information content (AvgIpc) is 3.93. The van der Waals surface area contributed by atoms with Gasteiger partial charge in [-0.05, 0) is 60.7 Å². The van der Waals surface area contributed by atoms with Gasteiger partial charge in [-0.3, -0.25) is 9.80 Å². The molecule has 6 aromatic rings. The maximum atomic E-state index is 6.43. The average molecular weight is 886 g/mol. The standard InChI is InChI=1S/C49H59N17/c1-33(65-14-10-35-23-34(5-6-38(35)31-65)30-66-47-44(46(51)56-32-57-47)45(60-66)37-8-7-36-25-43(50)58-42(36)24-37)39-27-53-48(54-28-39)63-19-15-61(16-20-63)12-3-2-4-13-62-17-21-64(22-18-62)49-55-29-40-26-52-11-9-41(40)59-49/h5-8,23-24,27-29,32,52H,1-4,9-22,25-26,30-31H2,(H2,50,58)(H2,51,56,57). The molecule has 9 heterocycles. The Kier molecular flexibility index (Phi) is 11.7. The fourth-order valence-corrected chi connectivity index (χ4v) is 10.2. The molecule has 0 bridgehead atoms. The van der Waals surface area contributed by atoms with Crippen LogP contribution in [0.5, 0.6) is 0 Å². The molecule has 0 radical (unpaired) electrons. The highest BCUT2D eigenvalue weighted by molar-refractivity contribution is 5.99. The minimum absolute atomic E-state index is 0.402. The minimum Gasteiger partial charge on any atom is -0.387 e. The number of hydrogen-bond acceptors (Lipinski definition) is 16. The molecule has 0 saturated carbocycles. The Bertz CT molecular complexity index is 2770. The van der Waals surface area contributed by atoms with E-state index in [0.717, 1.165) is 155 Å². The Balaban J connectivity index is 0.625. The van der Waals surface area contributed by atoms with Crippen molar-refractivity contribution in [2.24, 2.45) is 10.7 Å². The summed E-state index contributed by atoms with van der Waals surface area (Å²) in [5.74, 6) is 2.73. The number of fused-ring (bicyclic) bond motifs is 4. The van der Waals surface area contributed by atoms with Gasteiger partial charge >= 0.3 is 0 Å². The molecule has 66 heavy (non-hydrogen) atoms. The second-order valence-corrected chi connectivity index (χ2v) is 18.4. The van der Waals surface area contributed by atoms with Crippen molar-refractivity contribution in [3.63, 3.8) is 0 Å². The van der Waals surface area contributed by atoms with Crippen molar-refractivity contribution in [2.75, 3.05) is 94.1 Å². The van der Waals surface area contributed by atoms with E-state index in [1.165, 1.54) is 54.5 Å². The number of benzene rings is 2. The van der Waals surface area contributed by atoms with Crippen molar-refractivity contribution in [3.05, 3.63) is 107 Å². The lowest BCUT2D eigenvalue weighted by Crippen LogP contribution is -2.47. The van der Waals surface area contributed by atoms with Crippen LogP contribution in [0.25, 0.3) is 28.0 Å². The number of rotatable bonds is 13. The molecule has 0 unspecified atom stereocenters. The number of piperazine rings is 2. The predicted molar refractivity (Wildman–Crippen MR) is 259 cm³/mol. The number of aliphatic imine (C=N–C) groups is 1. The third-order valence-electron chi connectivity index (χ3n) is 14.1. The molecule has 2 fully saturated rings. The second kappa shape index (κ2) is 18.4. The summed E-state index contributed by atoms with van der Waals surface area (Å²) >= 11 is 0. The van der Waals surface area contributed by atoms with Crippen LogP contribution in [0.2, 0.25) is 0 Å². The predicted octanol–water partition coefficient (Wildman–Crippen LogP) is 4.04. The topological polar surface area (TPSA) is 188 Å². The monoisotopic (exact) mass is 886 g/mol. The summed E-state index contributed by atoms with van der Waals surface area (Å²) in [6.07, 6.45) is 13.7. The number of aromatic nitrogens is 8. The van der Waals surface area contributed by atoms with Gasteiger partial charge in [0, 0.05) is 132 Å². The van der Waals surface area contributed by atoms with Crippen LogP contribution in [0.4, 0.5) is 23.4 Å². The molecule has 17 heteroatoms. The quantitative estimate of drug-likeness (QED) is 0.141. The maximum absolute atomic E-state index is 6.43. The van der Waals surface area contributed by atoms with Crippen LogP contribution in [-0.2, 0) is 38.9 Å². The van der Waals surface area contributed by atoms with E-state index in [9.17, 15) is 0 Å². The summed E-state index contributed by atoms with van der Waals surface area (Å²) in [4.78, 5) is 44.9. The van der Waals surface area contributed by atoms with Gasteiger partial charge in [-0.1, -0.05) is 43.3 Å². The Labute approximate surface area is 385 Å². The minimum atomic E-state index is 0.402. The van der Waals surface area contributed by atoms with Crippen LogP contribution in [0, 0.1) is 0 Å². The highest BCUT2D eigenvalue weighted by atomic mass is 15.3. The van der Waals surface area contributed by atoms with E-state index < -0.39 is 0 Å². The highest BCUT2D eigenvalue weighted by Gasteiger charge is 2.25. The molecule has 2 aromatic carbocycles. The summed E-state index contributed by atoms with van der Waals surface area (Å²) in [7, 11) is 0. The zero-order chi connectivity index (χ0) is 44.6. The molecule has 5 N–H and O–H groups in total. The summed E-state index contributed by atoms with van der Waals surface area (Å²) in [5, 5.41) is 9.18. The molecular formula is C49H59N17. The van der Waals surface area contributed by atoms with Crippen LogP contribution in [0.1, 0.15) is 58.3 Å². The fraction of sp³-hybridized carbons (Fsp3) is 0.429. The van der Waals surface area contributed by atoms with Gasteiger partial charge in [-0.2, -0.15) is 5.10 Å². The van der Waals surface area contributed by atoms with E-state index in [2.05, 4.69) is 80.6 Å². The van der Waals surface area contributed by atoms with Crippen LogP contribution in [0.3, 0.4) is 0 Å². The third kappa shape index (κ3) is 8.77. The lowest BCUT2D eigenvalue weighted by Gasteiger charge is -2.35. The molecule has 340 valence electrons. The van der Waals surface area contributed by atoms with Crippen LogP contribution < -0.4 is 26.6 Å². The molecule has 0 atom stereocenters. The molecule has 11 rings (SSSR count). The molecule has 0 spiro atoms. The molecule has 2 saturated heterocycles. The SMILES string of the molecule is C=C(c1cnc(N2CCN(CCCCCN3CCN(c4ncc5c(n4)CCNC5)CC3)CC2)nc1)N1CCc2cc(Cn3nc(-c4ccc5c(c4)N=C(N)C5)c4c(N)ncnc43)ccc2C1. The summed E-state index contributed by atoms with van der Waals surface area (Å²) < 4.78 is 1.92. The van der Waals surface area contributed by atoms with Gasteiger partial charge in [0.25, 0.3) is 0 Å². The number of hydrogen-bond donors (Lipinski definition) is 3. The Morgan fingerprint density at radius 2 is 1.45 bits per heavy atom. The maximum Gasteiger partial charge on any atom is 0.225 e. The zero-order valence-electron chi connectivity index (χ0n) is 37.7. The van der Waals surface area contributed by atoms with E-state index in [1.54, 1.807) is 0 Å². The van der Waals surface area contributed by atoms with Crippen molar-refractivity contribution in [1.29, 1.82) is 0 Å². The first-order valence-electron chi connectivity index (χ1n) is 23.7. The number of nitrogens with two attached hydrogens (primary N) is 2. The van der Waals surface area contributed by atoms with Gasteiger partial charge in [0.1, 0.15) is 23.7 Å². The van der Waals surface area contributed by atoms with Gasteiger partial charge in [0.15, 0.2) is 5.65 Å². The van der Waals surface area contributed by atoms with Crippen LogP contribution in [0.15, 0.2) is 72.9 Å². The van der Waals surface area contributed by atoms with Gasteiger partial charge in [0.2, 0.25) is 11.9 Å². The number of nitrogen functional groups attached to an aromatic ring is 1. The van der Waals surface area contributed by atoms with Crippen molar-refractivity contribution >= 4 is 46.0 Å². The van der Waals surface area contributed by atoms with Gasteiger partial charge in [-0.15, -0.1) is 0 Å². The number of unbranched alkanes of at least 4 members (excludes halogenated alkanes) is 2. The molecule has 0 amide bonds. The molecular weight excluding hydrogens is 827 g/mol. The number of amidine groups is 1. The van der Waals surface area contributed by atoms with E-state index in [0.29, 0.717) is 30.3 Å². The van der Waals surface area contributed by atoms with Crippen molar-refractivity contribution < 1.29 is 0 Å². The van der Waals surface area contributed by atoms with Gasteiger partial charge in [0.05, 0.1) is 23.3 Å². The lowest BCUT2D eigenvalue weighted by molar-refractivity contribution is 0.235. The Morgan fingerprint density at radius 1 is 0.712 bits per heavy atom. The molecule has 4 aromatic heterocycles. The van der Waals surface area contributed by atoms with E-state index in [4.69, 9.17) is 31.5 Å². The molecule has 17 nitrogen and oxygen atoms in total. The van der Waals surface area contributed by atoms with Crippen LogP contribution in [-0.4, -0.2) is 139 Å². The molecule has 0 aliphatic carbocycles. The number of nitrogens with one attached hydrogen (secondary N) is 1. The Hall–Kier alpha value is -6.56. The smallest absolute Gasteiger partial charge is 0.225 e. The van der Waals surface area contributed by atoms with Crippen molar-refractivity contribution in [2.45, 2.75) is 58.2 Å².